The second kappa shape index (κ2) is 6.72. The van der Waals surface area contributed by atoms with Crippen LogP contribution in [0.1, 0.15) is 18.4 Å². The van der Waals surface area contributed by atoms with E-state index in [9.17, 15) is 9.90 Å². The number of nitrogens with zero attached hydrogens (tertiary/aromatic N) is 2. The van der Waals surface area contributed by atoms with Gasteiger partial charge in [0.1, 0.15) is 0 Å². The van der Waals surface area contributed by atoms with Crippen LogP contribution in [0.15, 0.2) is 24.3 Å². The first-order valence-corrected chi connectivity index (χ1v) is 7.02. The maximum atomic E-state index is 12.1. The highest BCUT2D eigenvalue weighted by atomic mass is 16.3. The van der Waals surface area contributed by atoms with Crippen molar-refractivity contribution in [2.75, 3.05) is 32.5 Å². The van der Waals surface area contributed by atoms with E-state index in [1.165, 1.54) is 0 Å². The normalized spacial score (nSPS) is 19.2. The fourth-order valence-electron chi connectivity index (χ4n) is 2.45. The smallest absolute Gasteiger partial charge is 0.321 e. The number of anilines is 1. The van der Waals surface area contributed by atoms with Crippen LogP contribution < -0.4 is 5.32 Å². The summed E-state index contributed by atoms with van der Waals surface area (Å²) in [5.74, 6) is 0. The van der Waals surface area contributed by atoms with Crippen LogP contribution in [0.3, 0.4) is 0 Å². The molecule has 1 saturated heterocycles. The molecule has 1 heterocycles. The zero-order chi connectivity index (χ0) is 14.5. The Balaban J connectivity index is 1.96. The quantitative estimate of drug-likeness (QED) is 0.885. The number of carbonyl (C=O) groups excluding carboxylic acids is 1. The van der Waals surface area contributed by atoms with Gasteiger partial charge in [-0.2, -0.15) is 0 Å². The van der Waals surface area contributed by atoms with Gasteiger partial charge in [0.25, 0.3) is 0 Å². The molecule has 1 aromatic carbocycles. The van der Waals surface area contributed by atoms with Crippen LogP contribution in [0.2, 0.25) is 0 Å². The highest BCUT2D eigenvalue weighted by Gasteiger charge is 2.21. The van der Waals surface area contributed by atoms with E-state index in [2.05, 4.69) is 10.2 Å². The minimum atomic E-state index is -0.394. The van der Waals surface area contributed by atoms with Gasteiger partial charge >= 0.3 is 6.03 Å². The van der Waals surface area contributed by atoms with Crippen LogP contribution in [0, 0.1) is 0 Å². The first-order valence-electron chi connectivity index (χ1n) is 7.02. The van der Waals surface area contributed by atoms with E-state index in [0.717, 1.165) is 30.6 Å². The third kappa shape index (κ3) is 4.21. The van der Waals surface area contributed by atoms with Crippen molar-refractivity contribution in [1.29, 1.82) is 0 Å². The van der Waals surface area contributed by atoms with Gasteiger partial charge in [0, 0.05) is 25.3 Å². The Morgan fingerprint density at radius 2 is 2.30 bits per heavy atom. The SMILES string of the molecule is CN(C)Cc1cccc(NC(=O)N2CCCC(O)C2)c1. The van der Waals surface area contributed by atoms with Crippen molar-refractivity contribution in [3.63, 3.8) is 0 Å². The van der Waals surface area contributed by atoms with Crippen molar-refractivity contribution in [2.45, 2.75) is 25.5 Å². The van der Waals surface area contributed by atoms with Crippen molar-refractivity contribution < 1.29 is 9.90 Å². The standard InChI is InChI=1S/C15H23N3O2/c1-17(2)10-12-5-3-6-13(9-12)16-15(20)18-8-4-7-14(19)11-18/h3,5-6,9,14,19H,4,7-8,10-11H2,1-2H3,(H,16,20). The Bertz CT molecular complexity index is 462. The number of likely N-dealkylation sites (tertiary alicyclic amines) is 1. The Kier molecular flexibility index (Phi) is 4.98. The molecule has 1 atom stereocenters. The van der Waals surface area contributed by atoms with Gasteiger partial charge in [-0.1, -0.05) is 12.1 Å². The molecule has 5 heteroatoms. The summed E-state index contributed by atoms with van der Waals surface area (Å²) < 4.78 is 0. The van der Waals surface area contributed by atoms with Crippen molar-refractivity contribution >= 4 is 11.7 Å². The fourth-order valence-corrected chi connectivity index (χ4v) is 2.45. The number of benzene rings is 1. The molecule has 0 radical (unpaired) electrons. The third-order valence-corrected chi connectivity index (χ3v) is 3.36. The van der Waals surface area contributed by atoms with Crippen molar-refractivity contribution in [3.05, 3.63) is 29.8 Å². The van der Waals surface area contributed by atoms with Gasteiger partial charge in [-0.3, -0.25) is 0 Å². The first-order chi connectivity index (χ1) is 9.54. The molecular weight excluding hydrogens is 254 g/mol. The predicted octanol–water partition coefficient (Wildman–Crippen LogP) is 1.74. The second-order valence-corrected chi connectivity index (χ2v) is 5.61. The summed E-state index contributed by atoms with van der Waals surface area (Å²) in [6.07, 6.45) is 1.24. The van der Waals surface area contributed by atoms with E-state index in [1.54, 1.807) is 4.90 Å². The summed E-state index contributed by atoms with van der Waals surface area (Å²) >= 11 is 0. The van der Waals surface area contributed by atoms with Crippen LogP contribution in [0.25, 0.3) is 0 Å². The van der Waals surface area contributed by atoms with Gasteiger partial charge in [0.05, 0.1) is 6.10 Å². The van der Waals surface area contributed by atoms with Gasteiger partial charge in [0.15, 0.2) is 0 Å². The largest absolute Gasteiger partial charge is 0.391 e. The van der Waals surface area contributed by atoms with Gasteiger partial charge in [-0.05, 0) is 44.6 Å². The second-order valence-electron chi connectivity index (χ2n) is 5.61. The molecular formula is C15H23N3O2. The number of hydrogen-bond donors (Lipinski definition) is 2. The average Bonchev–Trinajstić information content (AvgIpc) is 2.38. The van der Waals surface area contributed by atoms with Crippen molar-refractivity contribution in [1.82, 2.24) is 9.80 Å². The lowest BCUT2D eigenvalue weighted by atomic mass is 10.1. The first kappa shape index (κ1) is 14.8. The molecule has 2 N–H and O–H groups in total. The fraction of sp³-hybridized carbons (Fsp3) is 0.533. The lowest BCUT2D eigenvalue weighted by Crippen LogP contribution is -2.44. The summed E-state index contributed by atoms with van der Waals surface area (Å²) in [6.45, 7) is 1.97. The number of urea groups is 1. The summed E-state index contributed by atoms with van der Waals surface area (Å²) in [7, 11) is 4.03. The molecule has 0 aromatic heterocycles. The van der Waals surface area contributed by atoms with Crippen LogP contribution in [0.5, 0.6) is 0 Å². The lowest BCUT2D eigenvalue weighted by molar-refractivity contribution is 0.0883. The highest BCUT2D eigenvalue weighted by Crippen LogP contribution is 2.15. The van der Waals surface area contributed by atoms with E-state index in [1.807, 2.05) is 38.4 Å². The third-order valence-electron chi connectivity index (χ3n) is 3.36. The van der Waals surface area contributed by atoms with Crippen LogP contribution in [-0.4, -0.2) is 54.2 Å². The molecule has 2 amide bonds. The molecule has 0 saturated carbocycles. The Labute approximate surface area is 120 Å². The minimum absolute atomic E-state index is 0.134. The Morgan fingerprint density at radius 1 is 1.50 bits per heavy atom. The molecule has 0 spiro atoms. The predicted molar refractivity (Wildman–Crippen MR) is 79.7 cm³/mol. The molecule has 5 nitrogen and oxygen atoms in total. The number of aliphatic hydroxyl groups is 1. The summed E-state index contributed by atoms with van der Waals surface area (Å²) in [5.41, 5.74) is 1.96. The zero-order valence-corrected chi connectivity index (χ0v) is 12.2. The van der Waals surface area contributed by atoms with E-state index in [0.29, 0.717) is 13.1 Å². The number of hydrogen-bond acceptors (Lipinski definition) is 3. The van der Waals surface area contributed by atoms with E-state index >= 15 is 0 Å². The lowest BCUT2D eigenvalue weighted by Gasteiger charge is -2.30. The number of carbonyl (C=O) groups is 1. The van der Waals surface area contributed by atoms with Crippen LogP contribution in [-0.2, 0) is 6.54 Å². The minimum Gasteiger partial charge on any atom is -0.391 e. The number of piperidine rings is 1. The molecule has 110 valence electrons. The van der Waals surface area contributed by atoms with Gasteiger partial charge in [-0.25, -0.2) is 4.79 Å². The monoisotopic (exact) mass is 277 g/mol. The summed E-state index contributed by atoms with van der Waals surface area (Å²) in [6, 6.07) is 7.72. The number of β-amino-alcohol motifs (C(OH)–C–C–N with tert-alkyl or cyclic N) is 1. The van der Waals surface area contributed by atoms with Crippen molar-refractivity contribution in [2.24, 2.45) is 0 Å². The molecule has 1 aliphatic heterocycles. The van der Waals surface area contributed by atoms with E-state index in [-0.39, 0.29) is 6.03 Å². The van der Waals surface area contributed by atoms with Crippen LogP contribution in [0.4, 0.5) is 10.5 Å². The van der Waals surface area contributed by atoms with E-state index < -0.39 is 6.10 Å². The molecule has 0 aliphatic carbocycles. The molecule has 2 rings (SSSR count). The molecule has 1 fully saturated rings. The van der Waals surface area contributed by atoms with E-state index in [4.69, 9.17) is 0 Å². The number of nitrogens with one attached hydrogen (secondary N) is 1. The molecule has 0 bridgehead atoms. The summed E-state index contributed by atoms with van der Waals surface area (Å²) in [4.78, 5) is 15.9. The molecule has 1 aromatic rings. The Morgan fingerprint density at radius 3 is 3.00 bits per heavy atom. The topological polar surface area (TPSA) is 55.8 Å². The maximum Gasteiger partial charge on any atom is 0.321 e. The number of aliphatic hydroxyl groups excluding tert-OH is 1. The highest BCUT2D eigenvalue weighted by molar-refractivity contribution is 5.89. The average molecular weight is 277 g/mol. The zero-order valence-electron chi connectivity index (χ0n) is 12.2. The summed E-state index contributed by atoms with van der Waals surface area (Å²) in [5, 5.41) is 12.5. The maximum absolute atomic E-state index is 12.1. The number of amides is 2. The molecule has 20 heavy (non-hydrogen) atoms. The van der Waals surface area contributed by atoms with Gasteiger partial charge < -0.3 is 20.2 Å². The molecule has 1 aliphatic rings. The molecule has 1 unspecified atom stereocenters. The Hall–Kier alpha value is -1.59. The van der Waals surface area contributed by atoms with Crippen molar-refractivity contribution in [3.8, 4) is 0 Å². The van der Waals surface area contributed by atoms with Gasteiger partial charge in [0.2, 0.25) is 0 Å². The number of rotatable bonds is 3. The van der Waals surface area contributed by atoms with Crippen LogP contribution >= 0.6 is 0 Å². The van der Waals surface area contributed by atoms with Gasteiger partial charge in [-0.15, -0.1) is 0 Å².